The van der Waals surface area contributed by atoms with Crippen molar-refractivity contribution in [2.45, 2.75) is 52.4 Å². The van der Waals surface area contributed by atoms with Gasteiger partial charge < -0.3 is 15.8 Å². The van der Waals surface area contributed by atoms with Crippen LogP contribution in [0.25, 0.3) is 0 Å². The topological polar surface area (TPSA) is 47.3 Å². The fraction of sp³-hybridized carbons (Fsp3) is 0.647. The van der Waals surface area contributed by atoms with Crippen LogP contribution < -0.4 is 15.8 Å². The van der Waals surface area contributed by atoms with Gasteiger partial charge in [-0.1, -0.05) is 32.3 Å². The average molecular weight is 278 g/mol. The first-order valence-corrected chi connectivity index (χ1v) is 7.99. The molecule has 0 aliphatic carbocycles. The fourth-order valence-electron chi connectivity index (χ4n) is 2.26. The summed E-state index contributed by atoms with van der Waals surface area (Å²) >= 11 is 0. The molecule has 0 aromatic heterocycles. The highest BCUT2D eigenvalue weighted by Gasteiger charge is 2.01. The fourth-order valence-corrected chi connectivity index (χ4v) is 2.26. The summed E-state index contributed by atoms with van der Waals surface area (Å²) in [5.74, 6) is 0.797. The summed E-state index contributed by atoms with van der Waals surface area (Å²) in [6, 6.07) is 6.13. The number of nitrogens with one attached hydrogen (secondary N) is 1. The highest BCUT2D eigenvalue weighted by atomic mass is 16.5. The number of ether oxygens (including phenoxy) is 1. The zero-order valence-corrected chi connectivity index (χ0v) is 13.1. The lowest BCUT2D eigenvalue weighted by molar-refractivity contribution is 0.342. The van der Waals surface area contributed by atoms with E-state index in [1.807, 2.05) is 19.1 Å². The van der Waals surface area contributed by atoms with E-state index in [2.05, 4.69) is 18.3 Å². The lowest BCUT2D eigenvalue weighted by Crippen LogP contribution is -2.17. The monoisotopic (exact) mass is 278 g/mol. The molecule has 3 N–H and O–H groups in total. The van der Waals surface area contributed by atoms with E-state index in [0.29, 0.717) is 6.61 Å². The lowest BCUT2D eigenvalue weighted by Gasteiger charge is -2.09. The van der Waals surface area contributed by atoms with Crippen molar-refractivity contribution >= 4 is 5.69 Å². The minimum absolute atomic E-state index is 0.658. The zero-order valence-electron chi connectivity index (χ0n) is 13.1. The van der Waals surface area contributed by atoms with Gasteiger partial charge in [-0.25, -0.2) is 0 Å². The molecule has 3 heteroatoms. The molecule has 3 nitrogen and oxygen atoms in total. The smallest absolute Gasteiger partial charge is 0.142 e. The van der Waals surface area contributed by atoms with Crippen LogP contribution in [0.3, 0.4) is 0 Å². The summed E-state index contributed by atoms with van der Waals surface area (Å²) in [5, 5.41) is 3.50. The Kier molecular flexibility index (Phi) is 8.88. The first-order chi connectivity index (χ1) is 9.77. The third kappa shape index (κ3) is 6.80. The van der Waals surface area contributed by atoms with Crippen LogP contribution in [0.5, 0.6) is 5.75 Å². The van der Waals surface area contributed by atoms with Gasteiger partial charge in [-0.15, -0.1) is 0 Å². The van der Waals surface area contributed by atoms with Crippen LogP contribution in [-0.4, -0.2) is 19.7 Å². The molecular formula is C17H30N2O. The third-order valence-corrected chi connectivity index (χ3v) is 3.40. The lowest BCUT2D eigenvalue weighted by atomic mass is 10.1. The molecule has 0 radical (unpaired) electrons. The standard InChI is InChI=1S/C17H30N2O/c1-3-5-6-7-12-19-13-8-9-15-10-11-17(20-4-2)16(18)14-15/h10-11,14,19H,3-9,12-13,18H2,1-2H3. The first kappa shape index (κ1) is 16.8. The average Bonchev–Trinajstić information content (AvgIpc) is 2.45. The van der Waals surface area contributed by atoms with Crippen molar-refractivity contribution in [1.82, 2.24) is 5.32 Å². The Morgan fingerprint density at radius 2 is 1.85 bits per heavy atom. The molecule has 20 heavy (non-hydrogen) atoms. The van der Waals surface area contributed by atoms with E-state index < -0.39 is 0 Å². The van der Waals surface area contributed by atoms with Crippen LogP contribution in [0.1, 0.15) is 51.5 Å². The van der Waals surface area contributed by atoms with Gasteiger partial charge in [0.25, 0.3) is 0 Å². The Hall–Kier alpha value is -1.22. The van der Waals surface area contributed by atoms with Crippen molar-refractivity contribution < 1.29 is 4.74 Å². The predicted molar refractivity (Wildman–Crippen MR) is 87.4 cm³/mol. The molecule has 0 fully saturated rings. The van der Waals surface area contributed by atoms with E-state index in [1.54, 1.807) is 0 Å². The zero-order chi connectivity index (χ0) is 14.6. The van der Waals surface area contributed by atoms with Crippen molar-refractivity contribution in [2.75, 3.05) is 25.4 Å². The molecule has 1 aromatic carbocycles. The van der Waals surface area contributed by atoms with Crippen molar-refractivity contribution in [3.63, 3.8) is 0 Å². The van der Waals surface area contributed by atoms with Gasteiger partial charge in [0.05, 0.1) is 12.3 Å². The predicted octanol–water partition coefficient (Wildman–Crippen LogP) is 3.77. The molecule has 1 aromatic rings. The second-order valence-corrected chi connectivity index (χ2v) is 5.22. The highest BCUT2D eigenvalue weighted by molar-refractivity contribution is 5.54. The third-order valence-electron chi connectivity index (χ3n) is 3.40. The molecule has 1 rings (SSSR count). The molecule has 0 spiro atoms. The molecule has 0 amide bonds. The van der Waals surface area contributed by atoms with Crippen LogP contribution in [0.2, 0.25) is 0 Å². The molecule has 114 valence electrons. The van der Waals surface area contributed by atoms with Gasteiger partial charge in [0.1, 0.15) is 5.75 Å². The molecular weight excluding hydrogens is 248 g/mol. The van der Waals surface area contributed by atoms with Crippen molar-refractivity contribution in [3.8, 4) is 5.75 Å². The van der Waals surface area contributed by atoms with E-state index in [0.717, 1.165) is 37.4 Å². The van der Waals surface area contributed by atoms with E-state index in [1.165, 1.54) is 31.2 Å². The maximum absolute atomic E-state index is 5.97. The Morgan fingerprint density at radius 1 is 1.05 bits per heavy atom. The van der Waals surface area contributed by atoms with Gasteiger partial charge in [-0.2, -0.15) is 0 Å². The molecule has 0 saturated carbocycles. The molecule has 0 unspecified atom stereocenters. The molecule has 0 aliphatic rings. The number of anilines is 1. The molecule has 0 atom stereocenters. The van der Waals surface area contributed by atoms with Gasteiger partial charge in [0.2, 0.25) is 0 Å². The maximum atomic E-state index is 5.97. The first-order valence-electron chi connectivity index (χ1n) is 7.99. The van der Waals surface area contributed by atoms with Crippen LogP contribution in [-0.2, 0) is 6.42 Å². The van der Waals surface area contributed by atoms with Gasteiger partial charge in [0.15, 0.2) is 0 Å². The summed E-state index contributed by atoms with van der Waals surface area (Å²) in [5.41, 5.74) is 8.00. The number of hydrogen-bond acceptors (Lipinski definition) is 3. The Morgan fingerprint density at radius 3 is 2.55 bits per heavy atom. The SMILES string of the molecule is CCCCCCNCCCc1ccc(OCC)c(N)c1. The molecule has 0 saturated heterocycles. The van der Waals surface area contributed by atoms with E-state index in [9.17, 15) is 0 Å². The number of benzene rings is 1. The van der Waals surface area contributed by atoms with Crippen molar-refractivity contribution in [1.29, 1.82) is 0 Å². The normalized spacial score (nSPS) is 10.7. The molecule has 0 bridgehead atoms. The summed E-state index contributed by atoms with van der Waals surface area (Å²) in [6.07, 6.45) is 7.52. The summed E-state index contributed by atoms with van der Waals surface area (Å²) in [6.45, 7) is 7.10. The number of aryl methyl sites for hydroxylation is 1. The second kappa shape index (κ2) is 10.6. The van der Waals surface area contributed by atoms with Gasteiger partial charge in [-0.3, -0.25) is 0 Å². The van der Waals surface area contributed by atoms with E-state index in [4.69, 9.17) is 10.5 Å². The number of hydrogen-bond donors (Lipinski definition) is 2. The van der Waals surface area contributed by atoms with Gasteiger partial charge in [0, 0.05) is 0 Å². The number of unbranched alkanes of at least 4 members (excludes halogenated alkanes) is 3. The minimum Gasteiger partial charge on any atom is -0.492 e. The Balaban J connectivity index is 2.14. The van der Waals surface area contributed by atoms with Crippen LogP contribution >= 0.6 is 0 Å². The second-order valence-electron chi connectivity index (χ2n) is 5.22. The Bertz CT molecular complexity index is 366. The van der Waals surface area contributed by atoms with Gasteiger partial charge in [-0.05, 0) is 57.0 Å². The number of nitrogen functional groups attached to an aromatic ring is 1. The van der Waals surface area contributed by atoms with E-state index in [-0.39, 0.29) is 0 Å². The van der Waals surface area contributed by atoms with Crippen molar-refractivity contribution in [3.05, 3.63) is 23.8 Å². The quantitative estimate of drug-likeness (QED) is 0.478. The summed E-state index contributed by atoms with van der Waals surface area (Å²) in [7, 11) is 0. The minimum atomic E-state index is 0.658. The number of nitrogens with two attached hydrogens (primary N) is 1. The summed E-state index contributed by atoms with van der Waals surface area (Å²) in [4.78, 5) is 0. The Labute approximate surface area is 123 Å². The van der Waals surface area contributed by atoms with Crippen LogP contribution in [0.15, 0.2) is 18.2 Å². The van der Waals surface area contributed by atoms with Crippen LogP contribution in [0.4, 0.5) is 5.69 Å². The van der Waals surface area contributed by atoms with E-state index >= 15 is 0 Å². The largest absolute Gasteiger partial charge is 0.492 e. The van der Waals surface area contributed by atoms with Gasteiger partial charge >= 0.3 is 0 Å². The maximum Gasteiger partial charge on any atom is 0.142 e. The molecule has 0 heterocycles. The molecule has 0 aliphatic heterocycles. The number of rotatable bonds is 11. The van der Waals surface area contributed by atoms with Crippen molar-refractivity contribution in [2.24, 2.45) is 0 Å². The van der Waals surface area contributed by atoms with Crippen LogP contribution in [0, 0.1) is 0 Å². The highest BCUT2D eigenvalue weighted by Crippen LogP contribution is 2.22. The summed E-state index contributed by atoms with van der Waals surface area (Å²) < 4.78 is 5.44.